The Balaban J connectivity index is 2.38. The van der Waals surface area contributed by atoms with Crippen LogP contribution in [-0.2, 0) is 0 Å². The van der Waals surface area contributed by atoms with E-state index in [-0.39, 0.29) is 0 Å². The first-order valence-corrected chi connectivity index (χ1v) is 4.02. The quantitative estimate of drug-likeness (QED) is 0.563. The fourth-order valence-electron chi connectivity index (χ4n) is 1.36. The van der Waals surface area contributed by atoms with Crippen molar-refractivity contribution >= 4 is 17.6 Å². The van der Waals surface area contributed by atoms with Crippen LogP contribution >= 0.6 is 12.2 Å². The van der Waals surface area contributed by atoms with Gasteiger partial charge in [0, 0.05) is 12.0 Å². The lowest BCUT2D eigenvalue weighted by Gasteiger charge is -2.24. The normalized spacial score (nSPS) is 36.1. The van der Waals surface area contributed by atoms with E-state index in [4.69, 9.17) is 18.0 Å². The Labute approximate surface area is 61.6 Å². The van der Waals surface area contributed by atoms with Gasteiger partial charge in [0.1, 0.15) is 0 Å². The molecular formula is C7H13NS. The maximum Gasteiger partial charge on any atom is 0.0110 e. The van der Waals surface area contributed by atoms with Crippen LogP contribution < -0.4 is 5.73 Å². The number of nitrogens with two attached hydrogens (primary N) is 1. The Kier molecular flexibility index (Phi) is 2.61. The number of rotatable bonds is 1. The summed E-state index contributed by atoms with van der Waals surface area (Å²) < 4.78 is 0. The van der Waals surface area contributed by atoms with E-state index >= 15 is 0 Å². The molecule has 2 N–H and O–H groups in total. The molecule has 9 heavy (non-hydrogen) atoms. The zero-order valence-electron chi connectivity index (χ0n) is 5.55. The molecule has 1 rings (SSSR count). The largest absolute Gasteiger partial charge is 0.327 e. The molecule has 1 saturated carbocycles. The number of hydrogen-bond donors (Lipinski definition) is 1. The third-order valence-electron chi connectivity index (χ3n) is 2.05. The molecule has 0 aromatic carbocycles. The highest BCUT2D eigenvalue weighted by molar-refractivity contribution is 7.79. The summed E-state index contributed by atoms with van der Waals surface area (Å²) in [5.41, 5.74) is 5.79. The Morgan fingerprint density at radius 2 is 2.00 bits per heavy atom. The van der Waals surface area contributed by atoms with Crippen LogP contribution in [0.4, 0.5) is 0 Å². The van der Waals surface area contributed by atoms with E-state index in [0.29, 0.717) is 12.0 Å². The van der Waals surface area contributed by atoms with Crippen LogP contribution in [0.2, 0.25) is 0 Å². The molecule has 1 aliphatic carbocycles. The maximum atomic E-state index is 5.79. The monoisotopic (exact) mass is 143 g/mol. The molecule has 0 aromatic rings. The third kappa shape index (κ3) is 1.73. The molecule has 2 heteroatoms. The van der Waals surface area contributed by atoms with Gasteiger partial charge in [-0.1, -0.05) is 25.1 Å². The molecule has 0 radical (unpaired) electrons. The van der Waals surface area contributed by atoms with Crippen molar-refractivity contribution in [2.45, 2.75) is 31.7 Å². The molecule has 2 atom stereocenters. The summed E-state index contributed by atoms with van der Waals surface area (Å²) in [6.07, 6.45) is 4.98. The van der Waals surface area contributed by atoms with Crippen molar-refractivity contribution in [2.75, 3.05) is 0 Å². The van der Waals surface area contributed by atoms with Gasteiger partial charge in [-0.2, -0.15) is 0 Å². The highest BCUT2D eigenvalue weighted by Gasteiger charge is 2.18. The van der Waals surface area contributed by atoms with E-state index in [1.54, 1.807) is 0 Å². The minimum atomic E-state index is 0.358. The predicted octanol–water partition coefficient (Wildman–Crippen LogP) is 1.50. The van der Waals surface area contributed by atoms with Crippen molar-refractivity contribution in [3.8, 4) is 0 Å². The summed E-state index contributed by atoms with van der Waals surface area (Å²) in [5, 5.41) is 1.84. The van der Waals surface area contributed by atoms with Crippen LogP contribution in [0.1, 0.15) is 25.7 Å². The van der Waals surface area contributed by atoms with E-state index < -0.39 is 0 Å². The average molecular weight is 143 g/mol. The second-order valence-corrected chi connectivity index (χ2v) is 3.02. The van der Waals surface area contributed by atoms with Crippen LogP contribution in [0.5, 0.6) is 0 Å². The SMILES string of the molecule is N[C@@H]1CCCC[C@H]1C=S. The van der Waals surface area contributed by atoms with Gasteiger partial charge in [0.15, 0.2) is 0 Å². The first-order chi connectivity index (χ1) is 4.34. The molecule has 1 aliphatic rings. The molecule has 0 spiro atoms. The Bertz CT molecular complexity index is 103. The smallest absolute Gasteiger partial charge is 0.0110 e. The van der Waals surface area contributed by atoms with E-state index in [9.17, 15) is 0 Å². The van der Waals surface area contributed by atoms with E-state index in [2.05, 4.69) is 0 Å². The van der Waals surface area contributed by atoms with Gasteiger partial charge in [-0.3, -0.25) is 0 Å². The highest BCUT2D eigenvalue weighted by Crippen LogP contribution is 2.20. The molecule has 0 bridgehead atoms. The number of thiocarbonyl (C=S) groups is 1. The molecule has 0 aliphatic heterocycles. The summed E-state index contributed by atoms with van der Waals surface area (Å²) in [6.45, 7) is 0. The minimum Gasteiger partial charge on any atom is -0.327 e. The van der Waals surface area contributed by atoms with Gasteiger partial charge in [-0.05, 0) is 18.2 Å². The molecular weight excluding hydrogens is 130 g/mol. The standard InChI is InChI=1S/C7H13NS/c8-7-4-2-1-3-6(7)5-9/h5-7H,1-4,8H2/t6-,7+/m0/s1. The van der Waals surface area contributed by atoms with Gasteiger partial charge in [-0.15, -0.1) is 0 Å². The van der Waals surface area contributed by atoms with Crippen molar-refractivity contribution in [3.05, 3.63) is 0 Å². The number of hydrogen-bond acceptors (Lipinski definition) is 2. The van der Waals surface area contributed by atoms with Gasteiger partial charge in [0.25, 0.3) is 0 Å². The first-order valence-electron chi connectivity index (χ1n) is 3.55. The van der Waals surface area contributed by atoms with Gasteiger partial charge in [0.05, 0.1) is 0 Å². The molecule has 0 heterocycles. The van der Waals surface area contributed by atoms with Gasteiger partial charge >= 0.3 is 0 Å². The van der Waals surface area contributed by atoms with Crippen molar-refractivity contribution in [3.63, 3.8) is 0 Å². The predicted molar refractivity (Wildman–Crippen MR) is 43.6 cm³/mol. The molecule has 0 aromatic heterocycles. The van der Waals surface area contributed by atoms with Crippen molar-refractivity contribution in [2.24, 2.45) is 11.7 Å². The average Bonchev–Trinajstić information content (AvgIpc) is 1.89. The van der Waals surface area contributed by atoms with Gasteiger partial charge < -0.3 is 5.73 Å². The molecule has 0 unspecified atom stereocenters. The second kappa shape index (κ2) is 3.28. The molecule has 0 saturated heterocycles. The van der Waals surface area contributed by atoms with Gasteiger partial charge in [0.2, 0.25) is 0 Å². The van der Waals surface area contributed by atoms with Crippen LogP contribution in [-0.4, -0.2) is 11.4 Å². The second-order valence-electron chi connectivity index (χ2n) is 2.75. The van der Waals surface area contributed by atoms with Crippen molar-refractivity contribution in [1.29, 1.82) is 0 Å². The Hall–Kier alpha value is 0.0500. The Morgan fingerprint density at radius 1 is 1.33 bits per heavy atom. The van der Waals surface area contributed by atoms with E-state index in [1.807, 2.05) is 5.37 Å². The fourth-order valence-corrected chi connectivity index (χ4v) is 1.70. The molecule has 1 fully saturated rings. The zero-order valence-corrected chi connectivity index (χ0v) is 6.36. The van der Waals surface area contributed by atoms with Crippen LogP contribution in [0, 0.1) is 5.92 Å². The van der Waals surface area contributed by atoms with Gasteiger partial charge in [-0.25, -0.2) is 0 Å². The summed E-state index contributed by atoms with van der Waals surface area (Å²) in [7, 11) is 0. The zero-order chi connectivity index (χ0) is 6.69. The summed E-state index contributed by atoms with van der Waals surface area (Å²) >= 11 is 4.84. The lowest BCUT2D eigenvalue weighted by Crippen LogP contribution is -2.33. The molecule has 1 nitrogen and oxygen atoms in total. The van der Waals surface area contributed by atoms with Crippen LogP contribution in [0.15, 0.2) is 0 Å². The van der Waals surface area contributed by atoms with Crippen LogP contribution in [0.3, 0.4) is 0 Å². The Morgan fingerprint density at radius 3 is 2.44 bits per heavy atom. The topological polar surface area (TPSA) is 26.0 Å². The van der Waals surface area contributed by atoms with E-state index in [0.717, 1.165) is 6.42 Å². The summed E-state index contributed by atoms with van der Waals surface area (Å²) in [4.78, 5) is 0. The summed E-state index contributed by atoms with van der Waals surface area (Å²) in [6, 6.07) is 0.358. The molecule has 52 valence electrons. The lowest BCUT2D eigenvalue weighted by atomic mass is 9.87. The summed E-state index contributed by atoms with van der Waals surface area (Å²) in [5.74, 6) is 0.522. The fraction of sp³-hybridized carbons (Fsp3) is 0.857. The highest BCUT2D eigenvalue weighted by atomic mass is 32.1. The minimum absolute atomic E-state index is 0.358. The third-order valence-corrected chi connectivity index (χ3v) is 2.40. The van der Waals surface area contributed by atoms with E-state index in [1.165, 1.54) is 19.3 Å². The first kappa shape index (κ1) is 7.16. The van der Waals surface area contributed by atoms with Crippen molar-refractivity contribution < 1.29 is 0 Å². The molecule has 0 amide bonds. The lowest BCUT2D eigenvalue weighted by molar-refractivity contribution is 0.388. The van der Waals surface area contributed by atoms with Crippen molar-refractivity contribution in [1.82, 2.24) is 0 Å². The van der Waals surface area contributed by atoms with Crippen LogP contribution in [0.25, 0.3) is 0 Å². The maximum absolute atomic E-state index is 5.79.